The molecule has 134 valence electrons. The van der Waals surface area contributed by atoms with Crippen molar-refractivity contribution in [2.75, 3.05) is 0 Å². The third-order valence-electron chi connectivity index (χ3n) is 4.20. The Morgan fingerprint density at radius 1 is 1.30 bits per heavy atom. The van der Waals surface area contributed by atoms with E-state index in [9.17, 15) is 20.0 Å². The molecule has 0 aliphatic heterocycles. The largest absolute Gasteiger partial charge is 0.494 e. The van der Waals surface area contributed by atoms with Crippen molar-refractivity contribution >= 4 is 17.4 Å². The number of nitrogens with zero attached hydrogens (tertiary/aromatic N) is 3. The van der Waals surface area contributed by atoms with E-state index in [0.29, 0.717) is 10.6 Å². The van der Waals surface area contributed by atoms with Crippen LogP contribution in [-0.4, -0.2) is 20.4 Å². The summed E-state index contributed by atoms with van der Waals surface area (Å²) >= 11 is 5.85. The fourth-order valence-corrected chi connectivity index (χ4v) is 2.92. The number of aromatic hydroxyl groups is 1. The van der Waals surface area contributed by atoms with Gasteiger partial charge in [0.25, 0.3) is 5.56 Å². The average Bonchev–Trinajstić information content (AvgIpc) is 2.67. The van der Waals surface area contributed by atoms with Crippen LogP contribution < -0.4 is 5.56 Å². The Bertz CT molecular complexity index is 1110. The van der Waals surface area contributed by atoms with Gasteiger partial charge in [0.1, 0.15) is 11.6 Å². The Kier molecular flexibility index (Phi) is 5.06. The van der Waals surface area contributed by atoms with E-state index in [1.165, 1.54) is 19.1 Å². The summed E-state index contributed by atoms with van der Waals surface area (Å²) in [5.41, 5.74) is 0.138. The lowest BCUT2D eigenvalue weighted by Gasteiger charge is -2.15. The zero-order chi connectivity index (χ0) is 19.6. The van der Waals surface area contributed by atoms with Gasteiger partial charge in [0, 0.05) is 23.0 Å². The molecule has 0 amide bonds. The number of benzene rings is 1. The van der Waals surface area contributed by atoms with Crippen molar-refractivity contribution < 1.29 is 9.90 Å². The zero-order valence-corrected chi connectivity index (χ0v) is 15.1. The molecule has 0 radical (unpaired) electrons. The van der Waals surface area contributed by atoms with Gasteiger partial charge < -0.3 is 5.11 Å². The van der Waals surface area contributed by atoms with Gasteiger partial charge in [-0.15, -0.1) is 0 Å². The van der Waals surface area contributed by atoms with Crippen LogP contribution in [0, 0.1) is 18.3 Å². The molecule has 3 rings (SSSR count). The van der Waals surface area contributed by atoms with Crippen molar-refractivity contribution in [3.63, 3.8) is 0 Å². The van der Waals surface area contributed by atoms with E-state index < -0.39 is 17.2 Å². The highest BCUT2D eigenvalue weighted by molar-refractivity contribution is 6.30. The SMILES string of the molecule is Cc1c(C(=O)c2ccc(Cl)cc2)c(O)n(Cc2cccnc2)c(=O)c1C#N. The maximum atomic E-state index is 12.9. The zero-order valence-electron chi connectivity index (χ0n) is 14.3. The van der Waals surface area contributed by atoms with Crippen LogP contribution in [0.5, 0.6) is 5.88 Å². The van der Waals surface area contributed by atoms with Gasteiger partial charge in [0.2, 0.25) is 5.88 Å². The van der Waals surface area contributed by atoms with Crippen LogP contribution in [0.2, 0.25) is 5.02 Å². The summed E-state index contributed by atoms with van der Waals surface area (Å²) in [6, 6.07) is 11.4. The minimum absolute atomic E-state index is 0.0195. The summed E-state index contributed by atoms with van der Waals surface area (Å²) < 4.78 is 1.01. The Balaban J connectivity index is 2.21. The Morgan fingerprint density at radius 3 is 2.59 bits per heavy atom. The van der Waals surface area contributed by atoms with Crippen LogP contribution in [0.1, 0.15) is 32.6 Å². The topological polar surface area (TPSA) is 96.0 Å². The monoisotopic (exact) mass is 379 g/mol. The fourth-order valence-electron chi connectivity index (χ4n) is 2.79. The number of hydrogen-bond acceptors (Lipinski definition) is 5. The molecule has 2 aromatic heterocycles. The summed E-state index contributed by atoms with van der Waals surface area (Å²) in [5.74, 6) is -0.988. The third kappa shape index (κ3) is 3.46. The molecular weight excluding hydrogens is 366 g/mol. The molecule has 27 heavy (non-hydrogen) atoms. The number of ketones is 1. The van der Waals surface area contributed by atoms with Gasteiger partial charge in [-0.1, -0.05) is 17.7 Å². The molecule has 1 N–H and O–H groups in total. The van der Waals surface area contributed by atoms with Crippen molar-refractivity contribution in [3.05, 3.63) is 92.0 Å². The minimum Gasteiger partial charge on any atom is -0.494 e. The highest BCUT2D eigenvalue weighted by Gasteiger charge is 2.25. The summed E-state index contributed by atoms with van der Waals surface area (Å²) in [4.78, 5) is 29.5. The van der Waals surface area contributed by atoms with Gasteiger partial charge in [0.15, 0.2) is 5.78 Å². The van der Waals surface area contributed by atoms with Crippen LogP contribution in [0.3, 0.4) is 0 Å². The summed E-state index contributed by atoms with van der Waals surface area (Å²) in [5, 5.41) is 20.6. The van der Waals surface area contributed by atoms with Crippen LogP contribution in [-0.2, 0) is 6.54 Å². The molecule has 0 saturated carbocycles. The van der Waals surface area contributed by atoms with Crippen LogP contribution in [0.15, 0.2) is 53.6 Å². The second-order valence-electron chi connectivity index (χ2n) is 5.90. The highest BCUT2D eigenvalue weighted by atomic mass is 35.5. The number of nitriles is 1. The molecule has 1 aromatic carbocycles. The van der Waals surface area contributed by atoms with E-state index in [1.807, 2.05) is 6.07 Å². The summed E-state index contributed by atoms with van der Waals surface area (Å²) in [6.07, 6.45) is 3.12. The van der Waals surface area contributed by atoms with Crippen molar-refractivity contribution in [2.45, 2.75) is 13.5 Å². The number of carbonyl (C=O) groups is 1. The molecule has 0 atom stereocenters. The molecule has 0 saturated heterocycles. The number of aromatic nitrogens is 2. The fraction of sp³-hybridized carbons (Fsp3) is 0.100. The summed E-state index contributed by atoms with van der Waals surface area (Å²) in [6.45, 7) is 1.45. The van der Waals surface area contributed by atoms with Crippen LogP contribution in [0.25, 0.3) is 0 Å². The number of rotatable bonds is 4. The highest BCUT2D eigenvalue weighted by Crippen LogP contribution is 2.26. The minimum atomic E-state index is -0.663. The number of carbonyl (C=O) groups excluding carboxylic acids is 1. The summed E-state index contributed by atoms with van der Waals surface area (Å²) in [7, 11) is 0. The molecule has 0 bridgehead atoms. The lowest BCUT2D eigenvalue weighted by molar-refractivity contribution is 0.103. The normalized spacial score (nSPS) is 10.4. The van der Waals surface area contributed by atoms with Crippen molar-refractivity contribution in [1.29, 1.82) is 5.26 Å². The van der Waals surface area contributed by atoms with E-state index in [-0.39, 0.29) is 28.8 Å². The lowest BCUT2D eigenvalue weighted by Crippen LogP contribution is -2.27. The van der Waals surface area contributed by atoms with Crippen molar-refractivity contribution in [2.24, 2.45) is 0 Å². The van der Waals surface area contributed by atoms with Crippen LogP contribution >= 0.6 is 11.6 Å². The maximum Gasteiger partial charge on any atom is 0.271 e. The predicted molar refractivity (Wildman–Crippen MR) is 100 cm³/mol. The van der Waals surface area contributed by atoms with Crippen molar-refractivity contribution in [1.82, 2.24) is 9.55 Å². The standard InChI is InChI=1S/C20H14ClN3O3/c1-12-16(9-22)19(26)24(11-13-3-2-8-23-10-13)20(27)17(12)18(25)14-4-6-15(21)7-5-14/h2-8,10,27H,11H2,1H3. The predicted octanol–water partition coefficient (Wildman–Crippen LogP) is 3.06. The molecular formula is C20H14ClN3O3. The van der Waals surface area contributed by atoms with Gasteiger partial charge in [-0.05, 0) is 48.4 Å². The Hall–Kier alpha value is -3.43. The number of halogens is 1. The second kappa shape index (κ2) is 7.44. The molecule has 3 aromatic rings. The second-order valence-corrected chi connectivity index (χ2v) is 6.34. The van der Waals surface area contributed by atoms with Crippen LogP contribution in [0.4, 0.5) is 0 Å². The molecule has 0 fully saturated rings. The van der Waals surface area contributed by atoms with E-state index >= 15 is 0 Å². The first-order valence-corrected chi connectivity index (χ1v) is 8.37. The smallest absolute Gasteiger partial charge is 0.271 e. The van der Waals surface area contributed by atoms with E-state index in [0.717, 1.165) is 4.57 Å². The van der Waals surface area contributed by atoms with E-state index in [4.69, 9.17) is 11.6 Å². The molecule has 2 heterocycles. The quantitative estimate of drug-likeness (QED) is 0.703. The first-order chi connectivity index (χ1) is 12.9. The van der Waals surface area contributed by atoms with Gasteiger partial charge in [-0.25, -0.2) is 0 Å². The van der Waals surface area contributed by atoms with Gasteiger partial charge >= 0.3 is 0 Å². The number of pyridine rings is 2. The molecule has 0 unspecified atom stereocenters. The van der Waals surface area contributed by atoms with Gasteiger partial charge in [-0.2, -0.15) is 5.26 Å². The Labute approximate surface area is 159 Å². The molecule has 7 heteroatoms. The average molecular weight is 380 g/mol. The molecule has 0 aliphatic carbocycles. The Morgan fingerprint density at radius 2 is 2.00 bits per heavy atom. The first kappa shape index (κ1) is 18.4. The lowest BCUT2D eigenvalue weighted by atomic mass is 9.97. The van der Waals surface area contributed by atoms with Gasteiger partial charge in [0.05, 0.1) is 12.1 Å². The van der Waals surface area contributed by atoms with Gasteiger partial charge in [-0.3, -0.25) is 19.1 Å². The third-order valence-corrected chi connectivity index (χ3v) is 4.45. The van der Waals surface area contributed by atoms with E-state index in [1.54, 1.807) is 36.7 Å². The van der Waals surface area contributed by atoms with Crippen molar-refractivity contribution in [3.8, 4) is 11.9 Å². The molecule has 0 aliphatic rings. The van der Waals surface area contributed by atoms with E-state index in [2.05, 4.69) is 4.98 Å². The molecule has 6 nitrogen and oxygen atoms in total. The maximum absolute atomic E-state index is 12.9. The molecule has 0 spiro atoms. The first-order valence-electron chi connectivity index (χ1n) is 7.99. The number of hydrogen-bond donors (Lipinski definition) is 1.